The molecule has 156 valence electrons. The molecule has 0 saturated carbocycles. The number of unbranched alkanes of at least 4 members (excludes halogenated alkanes) is 14. The maximum Gasteiger partial charge on any atom is 0.353 e. The third-order valence-corrected chi connectivity index (χ3v) is 6.29. The maximum absolute atomic E-state index is 12.4. The molecule has 0 heterocycles. The molecule has 0 rings (SSSR count). The van der Waals surface area contributed by atoms with E-state index >= 15 is 0 Å². The average Bonchev–Trinajstić information content (AvgIpc) is 2.65. The molecular weight excluding hydrogens is 343 g/mol. The van der Waals surface area contributed by atoms with E-state index in [4.69, 9.17) is 9.05 Å². The molecule has 4 heteroatoms. The van der Waals surface area contributed by atoms with Crippen molar-refractivity contribution in [2.24, 2.45) is 0 Å². The molecule has 3 nitrogen and oxygen atoms in total. The monoisotopic (exact) mass is 388 g/mol. The lowest BCUT2D eigenvalue weighted by atomic mass is 10.1. The van der Waals surface area contributed by atoms with Gasteiger partial charge in [-0.2, -0.15) is 0 Å². The zero-order chi connectivity index (χ0) is 19.3. The van der Waals surface area contributed by atoms with Gasteiger partial charge in [0.2, 0.25) is 0 Å². The minimum atomic E-state index is -3.08. The first-order chi connectivity index (χ1) is 12.7. The van der Waals surface area contributed by atoms with E-state index in [9.17, 15) is 4.57 Å². The van der Waals surface area contributed by atoms with Gasteiger partial charge in [-0.15, -0.1) is 0 Å². The highest BCUT2D eigenvalue weighted by Crippen LogP contribution is 2.49. The fourth-order valence-electron chi connectivity index (χ4n) is 3.00. The van der Waals surface area contributed by atoms with Gasteiger partial charge in [-0.05, 0) is 12.8 Å². The van der Waals surface area contributed by atoms with Crippen LogP contribution >= 0.6 is 7.60 Å². The van der Waals surface area contributed by atoms with Crippen molar-refractivity contribution in [2.45, 2.75) is 117 Å². The topological polar surface area (TPSA) is 35.5 Å². The van der Waals surface area contributed by atoms with Crippen LogP contribution in [0.1, 0.15) is 117 Å². The van der Waals surface area contributed by atoms with Crippen LogP contribution in [-0.2, 0) is 13.6 Å². The summed E-state index contributed by atoms with van der Waals surface area (Å²) in [6.45, 7) is 9.14. The summed E-state index contributed by atoms with van der Waals surface area (Å²) in [6, 6.07) is 0. The normalized spacial score (nSPS) is 11.8. The highest BCUT2D eigenvalue weighted by Gasteiger charge is 2.19. The highest BCUT2D eigenvalue weighted by atomic mass is 31.2. The Morgan fingerprint density at radius 2 is 0.923 bits per heavy atom. The third-order valence-electron chi connectivity index (χ3n) is 4.76. The SMILES string of the molecule is C=CP(=O)(OCCCCCCCCCC)OCCCCCCCCCC. The van der Waals surface area contributed by atoms with Crippen LogP contribution in [0, 0.1) is 0 Å². The van der Waals surface area contributed by atoms with Crippen LogP contribution in [0.2, 0.25) is 0 Å². The van der Waals surface area contributed by atoms with Crippen molar-refractivity contribution < 1.29 is 13.6 Å². The van der Waals surface area contributed by atoms with E-state index in [-0.39, 0.29) is 0 Å². The number of rotatable bonds is 21. The summed E-state index contributed by atoms with van der Waals surface area (Å²) >= 11 is 0. The van der Waals surface area contributed by atoms with Crippen molar-refractivity contribution in [3.8, 4) is 0 Å². The van der Waals surface area contributed by atoms with E-state index < -0.39 is 7.60 Å². The van der Waals surface area contributed by atoms with Crippen LogP contribution in [0.3, 0.4) is 0 Å². The van der Waals surface area contributed by atoms with Crippen molar-refractivity contribution >= 4 is 7.60 Å². The molecule has 0 atom stereocenters. The summed E-state index contributed by atoms with van der Waals surface area (Å²) in [5, 5.41) is 0. The molecule has 0 aromatic rings. The first-order valence-electron chi connectivity index (χ1n) is 11.2. The largest absolute Gasteiger partial charge is 0.353 e. The minimum absolute atomic E-state index is 0.510. The van der Waals surface area contributed by atoms with Crippen LogP contribution in [0.15, 0.2) is 12.4 Å². The number of hydrogen-bond acceptors (Lipinski definition) is 3. The molecule has 0 aromatic heterocycles. The van der Waals surface area contributed by atoms with E-state index in [0.717, 1.165) is 25.7 Å². The van der Waals surface area contributed by atoms with Crippen LogP contribution in [0.25, 0.3) is 0 Å². The highest BCUT2D eigenvalue weighted by molar-refractivity contribution is 7.57. The number of hydrogen-bond donors (Lipinski definition) is 0. The lowest BCUT2D eigenvalue weighted by Gasteiger charge is -2.15. The van der Waals surface area contributed by atoms with Crippen LogP contribution in [0.4, 0.5) is 0 Å². The van der Waals surface area contributed by atoms with E-state index in [1.807, 2.05) is 0 Å². The zero-order valence-corrected chi connectivity index (χ0v) is 18.6. The smallest absolute Gasteiger partial charge is 0.306 e. The Labute approximate surface area is 163 Å². The second-order valence-corrected chi connectivity index (χ2v) is 9.30. The average molecular weight is 389 g/mol. The molecule has 0 saturated heterocycles. The van der Waals surface area contributed by atoms with Gasteiger partial charge in [0.1, 0.15) is 0 Å². The van der Waals surface area contributed by atoms with Gasteiger partial charge < -0.3 is 9.05 Å². The van der Waals surface area contributed by atoms with Crippen molar-refractivity contribution in [3.63, 3.8) is 0 Å². The van der Waals surface area contributed by atoms with E-state index in [1.54, 1.807) is 0 Å². The second-order valence-electron chi connectivity index (χ2n) is 7.34. The van der Waals surface area contributed by atoms with Gasteiger partial charge in [-0.25, -0.2) is 0 Å². The summed E-state index contributed by atoms with van der Waals surface area (Å²) in [6.07, 6.45) is 19.9. The van der Waals surface area contributed by atoms with Gasteiger partial charge in [0.25, 0.3) is 0 Å². The van der Waals surface area contributed by atoms with Gasteiger partial charge in [-0.1, -0.05) is 110 Å². The Bertz CT molecular complexity index is 318. The van der Waals surface area contributed by atoms with Gasteiger partial charge in [-0.3, -0.25) is 4.57 Å². The molecule has 0 fully saturated rings. The predicted octanol–water partition coefficient (Wildman–Crippen LogP) is 8.64. The van der Waals surface area contributed by atoms with Crippen LogP contribution < -0.4 is 0 Å². The molecule has 26 heavy (non-hydrogen) atoms. The Kier molecular flexibility index (Phi) is 19.6. The Balaban J connectivity index is 3.52. The van der Waals surface area contributed by atoms with E-state index in [1.165, 1.54) is 82.9 Å². The van der Waals surface area contributed by atoms with Crippen LogP contribution in [0.5, 0.6) is 0 Å². The summed E-state index contributed by atoms with van der Waals surface area (Å²) in [5.74, 6) is 1.36. The lowest BCUT2D eigenvalue weighted by molar-refractivity contribution is 0.205. The standard InChI is InChI=1S/C22H45O3P/c1-4-7-9-11-13-15-17-19-21-24-26(23,6-3)25-22-20-18-16-14-12-10-8-5-2/h6H,3-5,7-22H2,1-2H3. The zero-order valence-electron chi connectivity index (χ0n) is 17.7. The van der Waals surface area contributed by atoms with Gasteiger partial charge >= 0.3 is 7.60 Å². The molecule has 0 unspecified atom stereocenters. The summed E-state index contributed by atoms with van der Waals surface area (Å²) in [7, 11) is -3.08. The Morgan fingerprint density at radius 1 is 0.615 bits per heavy atom. The molecular formula is C22H45O3P. The fraction of sp³-hybridized carbons (Fsp3) is 0.909. The van der Waals surface area contributed by atoms with Crippen molar-refractivity contribution in [1.82, 2.24) is 0 Å². The maximum atomic E-state index is 12.4. The quantitative estimate of drug-likeness (QED) is 0.146. The van der Waals surface area contributed by atoms with Crippen molar-refractivity contribution in [2.75, 3.05) is 13.2 Å². The minimum Gasteiger partial charge on any atom is -0.306 e. The summed E-state index contributed by atoms with van der Waals surface area (Å²) in [5.41, 5.74) is 0. The molecule has 0 bridgehead atoms. The summed E-state index contributed by atoms with van der Waals surface area (Å²) < 4.78 is 23.5. The second kappa shape index (κ2) is 19.6. The Hall–Kier alpha value is -0.110. The third kappa shape index (κ3) is 17.3. The van der Waals surface area contributed by atoms with Gasteiger partial charge in [0.05, 0.1) is 13.2 Å². The molecule has 0 spiro atoms. The lowest BCUT2D eigenvalue weighted by Crippen LogP contribution is -1.98. The van der Waals surface area contributed by atoms with Crippen molar-refractivity contribution in [3.05, 3.63) is 12.4 Å². The first-order valence-corrected chi connectivity index (χ1v) is 12.8. The first kappa shape index (κ1) is 25.9. The van der Waals surface area contributed by atoms with E-state index in [2.05, 4.69) is 20.4 Å². The molecule has 0 aliphatic rings. The molecule has 0 aliphatic carbocycles. The summed E-state index contributed by atoms with van der Waals surface area (Å²) in [4.78, 5) is 0. The van der Waals surface area contributed by atoms with Crippen LogP contribution in [-0.4, -0.2) is 13.2 Å². The van der Waals surface area contributed by atoms with Crippen molar-refractivity contribution in [1.29, 1.82) is 0 Å². The predicted molar refractivity (Wildman–Crippen MR) is 115 cm³/mol. The molecule has 0 amide bonds. The molecule has 0 N–H and O–H groups in total. The fourth-order valence-corrected chi connectivity index (χ4v) is 4.05. The molecule has 0 aromatic carbocycles. The van der Waals surface area contributed by atoms with Gasteiger partial charge in [0.15, 0.2) is 0 Å². The van der Waals surface area contributed by atoms with Gasteiger partial charge in [0, 0.05) is 5.82 Å². The molecule has 0 aliphatic heterocycles. The molecule has 0 radical (unpaired) electrons. The Morgan fingerprint density at radius 3 is 1.23 bits per heavy atom. The van der Waals surface area contributed by atoms with E-state index in [0.29, 0.717) is 13.2 Å².